The Morgan fingerprint density at radius 3 is 2.37 bits per heavy atom. The molecule has 2 aromatic carbocycles. The lowest BCUT2D eigenvalue weighted by Gasteiger charge is -2.26. The molecule has 1 aliphatic rings. The summed E-state index contributed by atoms with van der Waals surface area (Å²) in [5.74, 6) is 1.10. The number of ether oxygens (including phenoxy) is 2. The summed E-state index contributed by atoms with van der Waals surface area (Å²) in [5, 5.41) is 2.79. The molecule has 30 heavy (non-hydrogen) atoms. The summed E-state index contributed by atoms with van der Waals surface area (Å²) >= 11 is 0. The smallest absolute Gasteiger partial charge is 0.251 e. The molecular formula is C22H28N2O5S. The van der Waals surface area contributed by atoms with Crippen molar-refractivity contribution in [2.45, 2.75) is 31.1 Å². The van der Waals surface area contributed by atoms with E-state index in [1.165, 1.54) is 10.4 Å². The van der Waals surface area contributed by atoms with Gasteiger partial charge in [-0.25, -0.2) is 8.42 Å². The van der Waals surface area contributed by atoms with E-state index < -0.39 is 10.0 Å². The number of nitrogens with one attached hydrogen (secondary N) is 1. The van der Waals surface area contributed by atoms with E-state index in [2.05, 4.69) is 5.32 Å². The molecule has 1 saturated heterocycles. The Bertz CT molecular complexity index is 968. The Balaban J connectivity index is 1.60. The fourth-order valence-electron chi connectivity index (χ4n) is 3.36. The number of aryl methyl sites for hydroxylation is 1. The van der Waals surface area contributed by atoms with Gasteiger partial charge < -0.3 is 14.8 Å². The van der Waals surface area contributed by atoms with Crippen molar-refractivity contribution in [3.05, 3.63) is 53.6 Å². The van der Waals surface area contributed by atoms with Crippen LogP contribution in [0.1, 0.15) is 35.2 Å². The number of benzene rings is 2. The molecular weight excluding hydrogens is 404 g/mol. The van der Waals surface area contributed by atoms with Gasteiger partial charge in [0.2, 0.25) is 10.0 Å². The van der Waals surface area contributed by atoms with Crippen LogP contribution in [-0.2, 0) is 10.0 Å². The van der Waals surface area contributed by atoms with Crippen molar-refractivity contribution in [1.29, 1.82) is 0 Å². The van der Waals surface area contributed by atoms with Gasteiger partial charge in [0, 0.05) is 18.7 Å². The molecule has 0 unspecified atom stereocenters. The van der Waals surface area contributed by atoms with E-state index >= 15 is 0 Å². The molecule has 0 aliphatic carbocycles. The second-order valence-electron chi connectivity index (χ2n) is 7.22. The molecule has 162 valence electrons. The Hall–Kier alpha value is -2.58. The van der Waals surface area contributed by atoms with Crippen molar-refractivity contribution in [3.63, 3.8) is 0 Å². The highest BCUT2D eigenvalue weighted by Crippen LogP contribution is 2.23. The molecule has 0 saturated carbocycles. The minimum absolute atomic E-state index is 0.162. The molecule has 0 aromatic heterocycles. The normalized spacial score (nSPS) is 14.9. The number of nitrogens with zero attached hydrogens (tertiary/aromatic N) is 1. The number of piperidine rings is 1. The van der Waals surface area contributed by atoms with Crippen LogP contribution >= 0.6 is 0 Å². The Labute approximate surface area is 178 Å². The van der Waals surface area contributed by atoms with Crippen molar-refractivity contribution in [2.24, 2.45) is 0 Å². The number of hydrogen-bond acceptors (Lipinski definition) is 5. The zero-order valence-electron chi connectivity index (χ0n) is 17.4. The van der Waals surface area contributed by atoms with Crippen LogP contribution in [-0.4, -0.2) is 52.0 Å². The molecule has 1 N–H and O–H groups in total. The van der Waals surface area contributed by atoms with Crippen molar-refractivity contribution >= 4 is 15.9 Å². The summed E-state index contributed by atoms with van der Waals surface area (Å²) in [6, 6.07) is 11.9. The van der Waals surface area contributed by atoms with Crippen molar-refractivity contribution < 1.29 is 22.7 Å². The van der Waals surface area contributed by atoms with Gasteiger partial charge in [0.15, 0.2) is 0 Å². The molecule has 1 fully saturated rings. The lowest BCUT2D eigenvalue weighted by molar-refractivity contribution is 0.0946. The van der Waals surface area contributed by atoms with Gasteiger partial charge in [-0.2, -0.15) is 4.31 Å². The van der Waals surface area contributed by atoms with E-state index in [0.29, 0.717) is 37.6 Å². The number of carbonyl (C=O) groups is 1. The van der Waals surface area contributed by atoms with E-state index in [-0.39, 0.29) is 10.8 Å². The lowest BCUT2D eigenvalue weighted by atomic mass is 10.1. The molecule has 1 amide bonds. The average molecular weight is 433 g/mol. The number of sulfonamides is 1. The highest BCUT2D eigenvalue weighted by atomic mass is 32.2. The Kier molecular flexibility index (Phi) is 7.33. The first-order valence-corrected chi connectivity index (χ1v) is 11.5. The third kappa shape index (κ3) is 5.31. The number of amides is 1. The van der Waals surface area contributed by atoms with Gasteiger partial charge in [-0.3, -0.25) is 4.79 Å². The van der Waals surface area contributed by atoms with Gasteiger partial charge in [0.25, 0.3) is 5.91 Å². The maximum absolute atomic E-state index is 12.9. The fraction of sp³-hybridized carbons (Fsp3) is 0.409. The molecule has 0 bridgehead atoms. The summed E-state index contributed by atoms with van der Waals surface area (Å²) in [6.45, 7) is 3.44. The minimum atomic E-state index is -3.58. The number of carbonyl (C=O) groups excluding carboxylic acids is 1. The molecule has 8 heteroatoms. The van der Waals surface area contributed by atoms with Crippen LogP contribution in [0, 0.1) is 6.92 Å². The molecule has 1 aliphatic heterocycles. The van der Waals surface area contributed by atoms with Crippen LogP contribution in [0.2, 0.25) is 0 Å². The van der Waals surface area contributed by atoms with Crippen LogP contribution in [0.15, 0.2) is 47.4 Å². The topological polar surface area (TPSA) is 84.9 Å². The predicted molar refractivity (Wildman–Crippen MR) is 115 cm³/mol. The summed E-state index contributed by atoms with van der Waals surface area (Å²) in [4.78, 5) is 12.8. The molecule has 7 nitrogen and oxygen atoms in total. The number of rotatable bonds is 8. The van der Waals surface area contributed by atoms with E-state index in [9.17, 15) is 13.2 Å². The quantitative estimate of drug-likeness (QED) is 0.648. The summed E-state index contributed by atoms with van der Waals surface area (Å²) in [6.07, 6.45) is 2.78. The monoisotopic (exact) mass is 432 g/mol. The van der Waals surface area contributed by atoms with Gasteiger partial charge >= 0.3 is 0 Å². The third-order valence-electron chi connectivity index (χ3n) is 5.12. The summed E-state index contributed by atoms with van der Waals surface area (Å²) in [5.41, 5.74) is 1.08. The molecule has 1 heterocycles. The van der Waals surface area contributed by atoms with Crippen LogP contribution in [0.4, 0.5) is 0 Å². The van der Waals surface area contributed by atoms with Gasteiger partial charge in [0.1, 0.15) is 18.1 Å². The largest absolute Gasteiger partial charge is 0.497 e. The lowest BCUT2D eigenvalue weighted by Crippen LogP contribution is -2.36. The van der Waals surface area contributed by atoms with Crippen LogP contribution in [0.25, 0.3) is 0 Å². The maximum atomic E-state index is 12.9. The zero-order chi connectivity index (χ0) is 21.6. The fourth-order valence-corrected chi connectivity index (χ4v) is 4.90. The molecule has 0 atom stereocenters. The second-order valence-corrected chi connectivity index (χ2v) is 9.16. The minimum Gasteiger partial charge on any atom is -0.497 e. The van der Waals surface area contributed by atoms with Crippen LogP contribution in [0.3, 0.4) is 0 Å². The van der Waals surface area contributed by atoms with Crippen LogP contribution in [0.5, 0.6) is 11.5 Å². The molecule has 2 aromatic rings. The Morgan fingerprint density at radius 2 is 1.70 bits per heavy atom. The van der Waals surface area contributed by atoms with Crippen molar-refractivity contribution in [3.8, 4) is 11.5 Å². The summed E-state index contributed by atoms with van der Waals surface area (Å²) < 4.78 is 38.0. The van der Waals surface area contributed by atoms with Gasteiger partial charge in [-0.15, -0.1) is 0 Å². The van der Waals surface area contributed by atoms with Gasteiger partial charge in [-0.1, -0.05) is 12.5 Å². The number of methoxy groups -OCH3 is 1. The van der Waals surface area contributed by atoms with E-state index in [4.69, 9.17) is 9.47 Å². The van der Waals surface area contributed by atoms with E-state index in [1.807, 2.05) is 0 Å². The first kappa shape index (κ1) is 22.1. The summed E-state index contributed by atoms with van der Waals surface area (Å²) in [7, 11) is -1.99. The number of hydrogen-bond donors (Lipinski definition) is 1. The zero-order valence-corrected chi connectivity index (χ0v) is 18.2. The predicted octanol–water partition coefficient (Wildman–Crippen LogP) is 2.99. The molecule has 0 spiro atoms. The third-order valence-corrected chi connectivity index (χ3v) is 7.02. The Morgan fingerprint density at radius 1 is 1.03 bits per heavy atom. The highest BCUT2D eigenvalue weighted by Gasteiger charge is 2.27. The first-order valence-electron chi connectivity index (χ1n) is 10.1. The second kappa shape index (κ2) is 9.95. The van der Waals surface area contributed by atoms with Gasteiger partial charge in [0.05, 0.1) is 18.6 Å². The average Bonchev–Trinajstić information content (AvgIpc) is 2.77. The van der Waals surface area contributed by atoms with E-state index in [0.717, 1.165) is 30.6 Å². The SMILES string of the molecule is COc1ccc(OCCNC(=O)c2cc(S(=O)(=O)N3CCCCC3)ccc2C)cc1. The van der Waals surface area contributed by atoms with Crippen molar-refractivity contribution in [2.75, 3.05) is 33.4 Å². The molecule has 3 rings (SSSR count). The standard InChI is InChI=1S/C22H28N2O5S/c1-17-6-11-20(30(26,27)24-13-4-3-5-14-24)16-21(17)22(25)23-12-15-29-19-9-7-18(28-2)8-10-19/h6-11,16H,3-5,12-15H2,1-2H3,(H,23,25). The van der Waals surface area contributed by atoms with Gasteiger partial charge in [-0.05, 0) is 61.7 Å². The highest BCUT2D eigenvalue weighted by molar-refractivity contribution is 7.89. The first-order chi connectivity index (χ1) is 14.4. The van der Waals surface area contributed by atoms with Crippen molar-refractivity contribution in [1.82, 2.24) is 9.62 Å². The maximum Gasteiger partial charge on any atom is 0.251 e. The van der Waals surface area contributed by atoms with Crippen LogP contribution < -0.4 is 14.8 Å². The molecule has 0 radical (unpaired) electrons. The van der Waals surface area contributed by atoms with E-state index in [1.54, 1.807) is 50.4 Å².